The highest BCUT2D eigenvalue weighted by Gasteiger charge is 2.17. The van der Waals surface area contributed by atoms with Crippen LogP contribution in [0.5, 0.6) is 5.75 Å². The van der Waals surface area contributed by atoms with Crippen molar-refractivity contribution in [3.63, 3.8) is 0 Å². The Labute approximate surface area is 99.8 Å². The Kier molecular flexibility index (Phi) is 4.01. The first-order chi connectivity index (χ1) is 6.97. The molecule has 0 bridgehead atoms. The molecule has 2 nitrogen and oxygen atoms in total. The van der Waals surface area contributed by atoms with Crippen molar-refractivity contribution >= 4 is 28.4 Å². The van der Waals surface area contributed by atoms with Gasteiger partial charge in [0.2, 0.25) is 0 Å². The average molecular weight is 326 g/mol. The van der Waals surface area contributed by atoms with Crippen LogP contribution in [0.15, 0.2) is 12.1 Å². The highest BCUT2D eigenvalue weighted by Crippen LogP contribution is 2.30. The van der Waals surface area contributed by atoms with Crippen molar-refractivity contribution in [2.75, 3.05) is 7.11 Å². The van der Waals surface area contributed by atoms with E-state index in [4.69, 9.17) is 4.74 Å². The van der Waals surface area contributed by atoms with E-state index in [1.807, 2.05) is 22.6 Å². The summed E-state index contributed by atoms with van der Waals surface area (Å²) in [4.78, 5) is 11.3. The van der Waals surface area contributed by atoms with Gasteiger partial charge in [-0.1, -0.05) is 0 Å². The number of ketones is 1. The van der Waals surface area contributed by atoms with Gasteiger partial charge in [-0.05, 0) is 41.6 Å². The maximum Gasteiger partial charge on any atom is 0.264 e. The molecule has 15 heavy (non-hydrogen) atoms. The molecule has 5 heteroatoms. The summed E-state index contributed by atoms with van der Waals surface area (Å²) in [6, 6.07) is 2.49. The maximum atomic E-state index is 12.5. The summed E-state index contributed by atoms with van der Waals surface area (Å²) in [6.07, 6.45) is -2.56. The smallest absolute Gasteiger partial charge is 0.264 e. The Morgan fingerprint density at radius 2 is 2.07 bits per heavy atom. The van der Waals surface area contributed by atoms with Gasteiger partial charge in [0.05, 0.1) is 12.7 Å². The second kappa shape index (κ2) is 4.87. The Balaban J connectivity index is 3.37. The number of halogens is 3. The van der Waals surface area contributed by atoms with E-state index in [9.17, 15) is 13.6 Å². The third-order valence-corrected chi connectivity index (χ3v) is 2.75. The summed E-state index contributed by atoms with van der Waals surface area (Å²) in [6.45, 7) is 1.38. The number of carbonyl (C=O) groups excluding carboxylic acids is 1. The minimum Gasteiger partial charge on any atom is -0.496 e. The Bertz CT molecular complexity index is 391. The van der Waals surface area contributed by atoms with Crippen molar-refractivity contribution in [1.29, 1.82) is 0 Å². The lowest BCUT2D eigenvalue weighted by atomic mass is 10.1. The summed E-state index contributed by atoms with van der Waals surface area (Å²) in [5.41, 5.74) is 0.212. The summed E-state index contributed by atoms with van der Waals surface area (Å²) in [5, 5.41) is 0. The number of hydrogen-bond acceptors (Lipinski definition) is 2. The molecule has 0 N–H and O–H groups in total. The van der Waals surface area contributed by atoms with Crippen LogP contribution in [-0.2, 0) is 0 Å². The minimum absolute atomic E-state index is 0.138. The van der Waals surface area contributed by atoms with Gasteiger partial charge >= 0.3 is 0 Å². The molecular weight excluding hydrogens is 317 g/mol. The van der Waals surface area contributed by atoms with Crippen molar-refractivity contribution in [1.82, 2.24) is 0 Å². The Hall–Kier alpha value is -0.720. The van der Waals surface area contributed by atoms with Crippen molar-refractivity contribution in [2.45, 2.75) is 13.3 Å². The van der Waals surface area contributed by atoms with E-state index in [2.05, 4.69) is 0 Å². The molecule has 0 aliphatic heterocycles. The topological polar surface area (TPSA) is 26.3 Å². The first-order valence-electron chi connectivity index (χ1n) is 4.14. The van der Waals surface area contributed by atoms with Crippen LogP contribution < -0.4 is 4.74 Å². The zero-order valence-corrected chi connectivity index (χ0v) is 10.3. The first kappa shape index (κ1) is 12.4. The van der Waals surface area contributed by atoms with Crippen LogP contribution in [0.1, 0.15) is 29.3 Å². The van der Waals surface area contributed by atoms with Gasteiger partial charge in [-0.25, -0.2) is 8.78 Å². The molecule has 0 saturated carbocycles. The maximum absolute atomic E-state index is 12.5. The fourth-order valence-corrected chi connectivity index (χ4v) is 2.24. The second-order valence-corrected chi connectivity index (χ2v) is 4.10. The standard InChI is InChI=1S/C10H9F2IO2/c1-5(14)9-7(13)3-6(10(11)12)4-8(9)15-2/h3-4,10H,1-2H3. The average Bonchev–Trinajstić information content (AvgIpc) is 2.15. The van der Waals surface area contributed by atoms with Crippen molar-refractivity contribution < 1.29 is 18.3 Å². The molecule has 0 unspecified atom stereocenters. The van der Waals surface area contributed by atoms with Gasteiger partial charge in [0.25, 0.3) is 6.43 Å². The fraction of sp³-hybridized carbons (Fsp3) is 0.300. The zero-order chi connectivity index (χ0) is 11.6. The van der Waals surface area contributed by atoms with Crippen LogP contribution in [0.25, 0.3) is 0 Å². The highest BCUT2D eigenvalue weighted by molar-refractivity contribution is 14.1. The number of ether oxygens (including phenoxy) is 1. The van der Waals surface area contributed by atoms with E-state index in [-0.39, 0.29) is 17.1 Å². The summed E-state index contributed by atoms with van der Waals surface area (Å²) in [5.74, 6) is 0.00164. The minimum atomic E-state index is -2.56. The molecule has 0 aliphatic rings. The lowest BCUT2D eigenvalue weighted by Gasteiger charge is -2.10. The van der Waals surface area contributed by atoms with Gasteiger partial charge in [0, 0.05) is 9.13 Å². The molecule has 1 aromatic carbocycles. The van der Waals surface area contributed by atoms with E-state index in [0.717, 1.165) is 0 Å². The molecule has 1 rings (SSSR count). The van der Waals surface area contributed by atoms with Gasteiger partial charge in [0.1, 0.15) is 5.75 Å². The molecule has 0 atom stereocenters. The Morgan fingerprint density at radius 3 is 2.47 bits per heavy atom. The number of alkyl halides is 2. The number of methoxy groups -OCH3 is 1. The quantitative estimate of drug-likeness (QED) is 0.628. The predicted molar refractivity (Wildman–Crippen MR) is 60.7 cm³/mol. The van der Waals surface area contributed by atoms with Gasteiger partial charge in [-0.2, -0.15) is 0 Å². The van der Waals surface area contributed by atoms with Gasteiger partial charge < -0.3 is 4.74 Å². The monoisotopic (exact) mass is 326 g/mol. The molecule has 0 aromatic heterocycles. The van der Waals surface area contributed by atoms with Crippen molar-refractivity contribution in [2.24, 2.45) is 0 Å². The number of rotatable bonds is 3. The van der Waals surface area contributed by atoms with Crippen molar-refractivity contribution in [3.8, 4) is 5.75 Å². The van der Waals surface area contributed by atoms with Gasteiger partial charge in [-0.15, -0.1) is 0 Å². The lowest BCUT2D eigenvalue weighted by Crippen LogP contribution is -2.02. The van der Waals surface area contributed by atoms with Gasteiger partial charge in [0.15, 0.2) is 5.78 Å². The van der Waals surface area contributed by atoms with Crippen LogP contribution in [0.4, 0.5) is 8.78 Å². The van der Waals surface area contributed by atoms with E-state index in [0.29, 0.717) is 9.13 Å². The normalized spacial score (nSPS) is 10.5. The van der Waals surface area contributed by atoms with Crippen LogP contribution in [-0.4, -0.2) is 12.9 Å². The van der Waals surface area contributed by atoms with E-state index in [1.54, 1.807) is 0 Å². The third-order valence-electron chi connectivity index (χ3n) is 1.90. The lowest BCUT2D eigenvalue weighted by molar-refractivity contribution is 0.101. The number of carbonyl (C=O) groups is 1. The molecule has 0 fully saturated rings. The molecule has 0 saturated heterocycles. The molecular formula is C10H9F2IO2. The molecule has 0 amide bonds. The predicted octanol–water partition coefficient (Wildman–Crippen LogP) is 3.44. The largest absolute Gasteiger partial charge is 0.496 e. The molecule has 82 valence electrons. The highest BCUT2D eigenvalue weighted by atomic mass is 127. The SMILES string of the molecule is COc1cc(C(F)F)cc(I)c1C(C)=O. The summed E-state index contributed by atoms with van der Waals surface area (Å²) >= 11 is 1.85. The van der Waals surface area contributed by atoms with E-state index in [1.165, 1.54) is 26.2 Å². The number of benzene rings is 1. The van der Waals surface area contributed by atoms with Crippen molar-refractivity contribution in [3.05, 3.63) is 26.8 Å². The second-order valence-electron chi connectivity index (χ2n) is 2.94. The van der Waals surface area contributed by atoms with Crippen LogP contribution in [0.2, 0.25) is 0 Å². The van der Waals surface area contributed by atoms with E-state index < -0.39 is 6.43 Å². The molecule has 1 aromatic rings. The molecule has 0 aliphatic carbocycles. The Morgan fingerprint density at radius 1 is 1.47 bits per heavy atom. The van der Waals surface area contributed by atoms with Crippen LogP contribution in [0, 0.1) is 3.57 Å². The molecule has 0 spiro atoms. The number of Topliss-reactive ketones (excluding diaryl/α,β-unsaturated/α-hetero) is 1. The van der Waals surface area contributed by atoms with Crippen LogP contribution >= 0.6 is 22.6 Å². The van der Waals surface area contributed by atoms with E-state index >= 15 is 0 Å². The zero-order valence-electron chi connectivity index (χ0n) is 8.18. The molecule has 0 heterocycles. The summed E-state index contributed by atoms with van der Waals surface area (Å²) < 4.78 is 30.3. The van der Waals surface area contributed by atoms with Crippen LogP contribution in [0.3, 0.4) is 0 Å². The third kappa shape index (κ3) is 2.64. The van der Waals surface area contributed by atoms with Gasteiger partial charge in [-0.3, -0.25) is 4.79 Å². The first-order valence-corrected chi connectivity index (χ1v) is 5.21. The number of hydrogen-bond donors (Lipinski definition) is 0. The summed E-state index contributed by atoms with van der Waals surface area (Å²) in [7, 11) is 1.35. The fourth-order valence-electron chi connectivity index (χ4n) is 1.23. The molecule has 0 radical (unpaired) electrons.